The molecule has 0 saturated carbocycles. The number of nitrogens with zero attached hydrogens (tertiary/aromatic N) is 5. The van der Waals surface area contributed by atoms with Crippen LogP contribution in [0.5, 0.6) is 0 Å². The van der Waals surface area contributed by atoms with Gasteiger partial charge in [-0.1, -0.05) is 18.2 Å². The van der Waals surface area contributed by atoms with Crippen LogP contribution < -0.4 is 0 Å². The lowest BCUT2D eigenvalue weighted by Gasteiger charge is -2.02. The number of aryl methyl sites for hydroxylation is 1. The van der Waals surface area contributed by atoms with Gasteiger partial charge in [-0.2, -0.15) is 5.10 Å². The Balaban J connectivity index is 1.51. The van der Waals surface area contributed by atoms with Crippen molar-refractivity contribution in [3.05, 3.63) is 78.9 Å². The summed E-state index contributed by atoms with van der Waals surface area (Å²) < 4.78 is 0. The highest BCUT2D eigenvalue weighted by atomic mass is 15.1. The fraction of sp³-hybridized carbons (Fsp3) is 0.0417. The van der Waals surface area contributed by atoms with Gasteiger partial charge in [0.05, 0.1) is 22.2 Å². The van der Waals surface area contributed by atoms with Crippen molar-refractivity contribution in [1.29, 1.82) is 0 Å². The summed E-state index contributed by atoms with van der Waals surface area (Å²) in [6, 6.07) is 16.1. The van der Waals surface area contributed by atoms with Crippen molar-refractivity contribution in [2.24, 2.45) is 0 Å². The number of rotatable bonds is 3. The van der Waals surface area contributed by atoms with Gasteiger partial charge in [0.1, 0.15) is 5.52 Å². The molecule has 6 aromatic rings. The maximum absolute atomic E-state index is 4.88. The van der Waals surface area contributed by atoms with Crippen LogP contribution in [0.2, 0.25) is 0 Å². The minimum Gasteiger partial charge on any atom is -0.336 e. The summed E-state index contributed by atoms with van der Waals surface area (Å²) in [5.74, 6) is 0.671. The number of fused-ring (bicyclic) bond motifs is 2. The van der Waals surface area contributed by atoms with Crippen molar-refractivity contribution >= 4 is 22.1 Å². The van der Waals surface area contributed by atoms with Crippen LogP contribution in [0.4, 0.5) is 0 Å². The Bertz CT molecular complexity index is 1550. The molecule has 0 aliphatic rings. The lowest BCUT2D eigenvalue weighted by molar-refractivity contribution is 1.10. The number of benzene rings is 1. The normalized spacial score (nSPS) is 11.4. The number of aromatic amines is 2. The van der Waals surface area contributed by atoms with E-state index < -0.39 is 0 Å². The third-order valence-electron chi connectivity index (χ3n) is 5.29. The summed E-state index contributed by atoms with van der Waals surface area (Å²) in [4.78, 5) is 21.7. The highest BCUT2D eigenvalue weighted by Gasteiger charge is 2.16. The number of pyridine rings is 3. The number of nitrogens with one attached hydrogen (secondary N) is 2. The van der Waals surface area contributed by atoms with Crippen LogP contribution in [0.3, 0.4) is 0 Å². The summed E-state index contributed by atoms with van der Waals surface area (Å²) in [6.07, 6.45) is 7.26. The number of hydrogen-bond acceptors (Lipinski definition) is 5. The molecule has 5 aromatic heterocycles. The number of H-pyrrole nitrogens is 2. The average molecular weight is 403 g/mol. The van der Waals surface area contributed by atoms with Gasteiger partial charge in [-0.05, 0) is 42.8 Å². The fourth-order valence-corrected chi connectivity index (χ4v) is 3.82. The van der Waals surface area contributed by atoms with Gasteiger partial charge in [0, 0.05) is 41.5 Å². The van der Waals surface area contributed by atoms with E-state index in [1.165, 1.54) is 0 Å². The van der Waals surface area contributed by atoms with Gasteiger partial charge in [-0.15, -0.1) is 0 Å². The van der Waals surface area contributed by atoms with Crippen LogP contribution >= 0.6 is 0 Å². The first-order valence-corrected chi connectivity index (χ1v) is 9.93. The zero-order valence-corrected chi connectivity index (χ0v) is 16.7. The summed E-state index contributed by atoms with van der Waals surface area (Å²) in [6.45, 7) is 2.02. The molecule has 0 amide bonds. The molecule has 6 rings (SSSR count). The Hall–Kier alpha value is -4.39. The second kappa shape index (κ2) is 6.84. The fourth-order valence-electron chi connectivity index (χ4n) is 3.82. The molecule has 0 aliphatic heterocycles. The first-order valence-electron chi connectivity index (χ1n) is 9.93. The Morgan fingerprint density at radius 1 is 0.774 bits per heavy atom. The first kappa shape index (κ1) is 17.5. The highest BCUT2D eigenvalue weighted by Crippen LogP contribution is 2.31. The summed E-state index contributed by atoms with van der Waals surface area (Å²) in [7, 11) is 0. The minimum absolute atomic E-state index is 0.671. The third kappa shape index (κ3) is 2.95. The molecule has 0 spiro atoms. The minimum atomic E-state index is 0.671. The van der Waals surface area contributed by atoms with Crippen molar-refractivity contribution in [3.63, 3.8) is 0 Å². The molecule has 0 atom stereocenters. The van der Waals surface area contributed by atoms with Gasteiger partial charge >= 0.3 is 0 Å². The lowest BCUT2D eigenvalue weighted by atomic mass is 10.1. The maximum atomic E-state index is 4.88. The zero-order valence-electron chi connectivity index (χ0n) is 16.7. The van der Waals surface area contributed by atoms with Crippen molar-refractivity contribution < 1.29 is 0 Å². The average Bonchev–Trinajstić information content (AvgIpc) is 3.43. The Morgan fingerprint density at radius 2 is 1.71 bits per heavy atom. The summed E-state index contributed by atoms with van der Waals surface area (Å²) >= 11 is 0. The Kier molecular flexibility index (Phi) is 3.86. The van der Waals surface area contributed by atoms with E-state index >= 15 is 0 Å². The molecule has 0 fully saturated rings. The number of hydrogen-bond donors (Lipinski definition) is 2. The topological polar surface area (TPSA) is 96.0 Å². The van der Waals surface area contributed by atoms with Crippen LogP contribution in [0.25, 0.3) is 56.0 Å². The zero-order chi connectivity index (χ0) is 20.8. The van der Waals surface area contributed by atoms with Gasteiger partial charge < -0.3 is 4.98 Å². The number of aromatic nitrogens is 7. The SMILES string of the molecule is Cc1cncc(-c2ccc3[nH]nc(-c4nc5c(-c6cccnc6)cccc5[nH]4)c3n2)c1. The van der Waals surface area contributed by atoms with Gasteiger partial charge in [0.2, 0.25) is 0 Å². The van der Waals surface area contributed by atoms with Gasteiger partial charge in [0.15, 0.2) is 11.5 Å². The molecule has 31 heavy (non-hydrogen) atoms. The van der Waals surface area contributed by atoms with Gasteiger partial charge in [-0.3, -0.25) is 15.1 Å². The summed E-state index contributed by atoms with van der Waals surface area (Å²) in [5, 5.41) is 7.58. The second-order valence-electron chi connectivity index (χ2n) is 7.44. The Labute approximate surface area is 177 Å². The van der Waals surface area contributed by atoms with Crippen LogP contribution in [-0.2, 0) is 0 Å². The number of para-hydroxylation sites is 1. The van der Waals surface area contributed by atoms with Crippen molar-refractivity contribution in [3.8, 4) is 33.9 Å². The van der Waals surface area contributed by atoms with E-state index in [0.29, 0.717) is 11.5 Å². The molecule has 0 saturated heterocycles. The monoisotopic (exact) mass is 403 g/mol. The molecule has 0 radical (unpaired) electrons. The molecular weight excluding hydrogens is 386 g/mol. The Morgan fingerprint density at radius 3 is 2.58 bits per heavy atom. The molecule has 0 bridgehead atoms. The molecule has 0 aliphatic carbocycles. The molecule has 5 heterocycles. The molecular formula is C24H17N7. The largest absolute Gasteiger partial charge is 0.336 e. The smallest absolute Gasteiger partial charge is 0.161 e. The molecule has 2 N–H and O–H groups in total. The van der Waals surface area contributed by atoms with Crippen LogP contribution in [0.15, 0.2) is 73.3 Å². The van der Waals surface area contributed by atoms with E-state index in [1.807, 2.05) is 68.0 Å². The highest BCUT2D eigenvalue weighted by molar-refractivity contribution is 5.96. The summed E-state index contributed by atoms with van der Waals surface area (Å²) in [5.41, 5.74) is 9.06. The van der Waals surface area contributed by atoms with Crippen molar-refractivity contribution in [2.45, 2.75) is 6.92 Å². The van der Waals surface area contributed by atoms with Crippen LogP contribution in [-0.4, -0.2) is 35.1 Å². The van der Waals surface area contributed by atoms with Crippen molar-refractivity contribution in [2.75, 3.05) is 0 Å². The molecule has 0 unspecified atom stereocenters. The maximum Gasteiger partial charge on any atom is 0.161 e. The first-order chi connectivity index (χ1) is 15.3. The third-order valence-corrected chi connectivity index (χ3v) is 5.29. The lowest BCUT2D eigenvalue weighted by Crippen LogP contribution is -1.88. The van der Waals surface area contributed by atoms with E-state index in [4.69, 9.17) is 9.97 Å². The second-order valence-corrected chi connectivity index (χ2v) is 7.44. The van der Waals surface area contributed by atoms with Gasteiger partial charge in [0.25, 0.3) is 0 Å². The van der Waals surface area contributed by atoms with Crippen LogP contribution in [0.1, 0.15) is 5.56 Å². The van der Waals surface area contributed by atoms with E-state index in [1.54, 1.807) is 6.20 Å². The molecule has 7 heteroatoms. The van der Waals surface area contributed by atoms with Crippen LogP contribution in [0, 0.1) is 6.92 Å². The quantitative estimate of drug-likeness (QED) is 0.437. The predicted molar refractivity (Wildman–Crippen MR) is 120 cm³/mol. The van der Waals surface area contributed by atoms with Crippen molar-refractivity contribution in [1.82, 2.24) is 35.1 Å². The molecule has 7 nitrogen and oxygen atoms in total. The van der Waals surface area contributed by atoms with E-state index in [9.17, 15) is 0 Å². The predicted octanol–water partition coefficient (Wildman–Crippen LogP) is 4.93. The number of imidazole rings is 1. The van der Waals surface area contributed by atoms with E-state index in [2.05, 4.69) is 31.2 Å². The molecule has 148 valence electrons. The van der Waals surface area contributed by atoms with E-state index in [0.717, 1.165) is 50.0 Å². The molecule has 1 aromatic carbocycles. The van der Waals surface area contributed by atoms with Gasteiger partial charge in [-0.25, -0.2) is 9.97 Å². The van der Waals surface area contributed by atoms with E-state index in [-0.39, 0.29) is 0 Å². The standard InChI is InChI=1S/C24H17N7/c1-14-10-16(13-26-11-14)18-7-8-20-22(27-18)23(31-30-20)24-28-19-6-2-5-17(21(19)29-24)15-4-3-9-25-12-15/h2-13H,1H3,(H,28,29)(H,30,31).